The number of nitro groups is 1. The average Bonchev–Trinajstić information content (AvgIpc) is 2.68. The third kappa shape index (κ3) is 7.13. The van der Waals surface area contributed by atoms with Crippen molar-refractivity contribution >= 4 is 17.6 Å². The van der Waals surface area contributed by atoms with Crippen molar-refractivity contribution in [2.75, 3.05) is 13.2 Å². The molecule has 0 unspecified atom stereocenters. The number of rotatable bonds is 10. The highest BCUT2D eigenvalue weighted by Crippen LogP contribution is 2.26. The quantitative estimate of drug-likeness (QED) is 0.254. The molecule has 0 radical (unpaired) electrons. The lowest BCUT2D eigenvalue weighted by molar-refractivity contribution is -0.485. The zero-order chi connectivity index (χ0) is 20.4. The van der Waals surface area contributed by atoms with Crippen LogP contribution >= 0.6 is 11.6 Å². The highest BCUT2D eigenvalue weighted by atomic mass is 35.5. The third-order valence-corrected chi connectivity index (χ3v) is 4.29. The molecule has 2 aromatic rings. The lowest BCUT2D eigenvalue weighted by Gasteiger charge is -2.23. The highest BCUT2D eigenvalue weighted by Gasteiger charge is 2.27. The molecule has 2 aromatic carbocycles. The summed E-state index contributed by atoms with van der Waals surface area (Å²) in [6.07, 6.45) is 2.07. The summed E-state index contributed by atoms with van der Waals surface area (Å²) < 4.78 is 10.9. The van der Waals surface area contributed by atoms with Crippen LogP contribution in [0.1, 0.15) is 24.0 Å². The van der Waals surface area contributed by atoms with Crippen molar-refractivity contribution in [1.82, 2.24) is 0 Å². The van der Waals surface area contributed by atoms with Gasteiger partial charge in [-0.05, 0) is 36.3 Å². The van der Waals surface area contributed by atoms with E-state index in [2.05, 4.69) is 0 Å². The van der Waals surface area contributed by atoms with E-state index >= 15 is 0 Å². The summed E-state index contributed by atoms with van der Waals surface area (Å²) in [5, 5.41) is 11.8. The van der Waals surface area contributed by atoms with E-state index in [1.54, 1.807) is 31.2 Å². The van der Waals surface area contributed by atoms with Crippen LogP contribution in [0.2, 0.25) is 5.02 Å². The van der Waals surface area contributed by atoms with Crippen molar-refractivity contribution in [3.05, 3.63) is 93.0 Å². The van der Waals surface area contributed by atoms with Crippen molar-refractivity contribution < 1.29 is 19.2 Å². The second-order valence-electron chi connectivity index (χ2n) is 6.05. The Labute approximate surface area is 168 Å². The van der Waals surface area contributed by atoms with Gasteiger partial charge in [0.05, 0.1) is 25.2 Å². The van der Waals surface area contributed by atoms with E-state index in [0.29, 0.717) is 10.6 Å². The van der Waals surface area contributed by atoms with Gasteiger partial charge in [-0.1, -0.05) is 54.1 Å². The molecule has 0 fully saturated rings. The fraction of sp³-hybridized carbons (Fsp3) is 0.286. The van der Waals surface area contributed by atoms with Crippen LogP contribution in [-0.4, -0.2) is 30.1 Å². The first-order chi connectivity index (χ1) is 13.5. The van der Waals surface area contributed by atoms with E-state index in [-0.39, 0.29) is 19.8 Å². The predicted octanol–water partition coefficient (Wildman–Crippen LogP) is 4.41. The van der Waals surface area contributed by atoms with Crippen LogP contribution in [-0.2, 0) is 20.9 Å². The Morgan fingerprint density at radius 1 is 1.18 bits per heavy atom. The van der Waals surface area contributed by atoms with Crippen LogP contribution in [0.5, 0.6) is 0 Å². The molecule has 0 saturated heterocycles. The van der Waals surface area contributed by atoms with Crippen molar-refractivity contribution in [3.63, 3.8) is 0 Å². The van der Waals surface area contributed by atoms with Crippen LogP contribution in [0.25, 0.3) is 0 Å². The average molecular weight is 404 g/mol. The molecule has 6 nitrogen and oxygen atoms in total. The van der Waals surface area contributed by atoms with Crippen LogP contribution in [0.15, 0.2) is 66.7 Å². The molecule has 0 spiro atoms. The smallest absolute Gasteiger partial charge is 0.330 e. The minimum atomic E-state index is -0.698. The summed E-state index contributed by atoms with van der Waals surface area (Å²) in [7, 11) is 0. The number of carbonyl (C=O) groups excluding carboxylic acids is 1. The zero-order valence-corrected chi connectivity index (χ0v) is 16.2. The number of benzene rings is 2. The van der Waals surface area contributed by atoms with Gasteiger partial charge in [0.25, 0.3) is 0 Å². The van der Waals surface area contributed by atoms with Gasteiger partial charge in [0, 0.05) is 16.0 Å². The third-order valence-electron chi connectivity index (χ3n) is 4.03. The van der Waals surface area contributed by atoms with Gasteiger partial charge in [-0.25, -0.2) is 4.79 Å². The molecule has 0 aromatic heterocycles. The Bertz CT molecular complexity index is 792. The molecule has 2 atom stereocenters. The highest BCUT2D eigenvalue weighted by molar-refractivity contribution is 6.30. The lowest BCUT2D eigenvalue weighted by Crippen LogP contribution is -2.27. The van der Waals surface area contributed by atoms with Gasteiger partial charge < -0.3 is 9.47 Å². The number of halogens is 1. The molecule has 148 valence electrons. The maximum absolute atomic E-state index is 11.7. The Kier molecular flexibility index (Phi) is 8.65. The molecule has 0 N–H and O–H groups in total. The number of nitrogens with zero attached hydrogens (tertiary/aromatic N) is 1. The first kappa shape index (κ1) is 21.6. The fourth-order valence-electron chi connectivity index (χ4n) is 2.71. The molecule has 0 aliphatic carbocycles. The first-order valence-electron chi connectivity index (χ1n) is 8.87. The van der Waals surface area contributed by atoms with Gasteiger partial charge in [0.2, 0.25) is 6.54 Å². The monoisotopic (exact) mass is 403 g/mol. The van der Waals surface area contributed by atoms with Crippen molar-refractivity contribution in [1.29, 1.82) is 0 Å². The predicted molar refractivity (Wildman–Crippen MR) is 107 cm³/mol. The van der Waals surface area contributed by atoms with Gasteiger partial charge in [-0.15, -0.1) is 0 Å². The molecule has 0 amide bonds. The molecule has 0 heterocycles. The van der Waals surface area contributed by atoms with Crippen LogP contribution in [0.4, 0.5) is 0 Å². The Morgan fingerprint density at radius 3 is 2.46 bits per heavy atom. The van der Waals surface area contributed by atoms with Crippen molar-refractivity contribution in [3.8, 4) is 0 Å². The standard InChI is InChI=1S/C21H22ClNO5/c1-2-27-21(24)13-12-20(28-15-16-6-4-3-5-7-16)19(14-23(25)26)17-8-10-18(22)11-9-17/h3-13,19-20H,2,14-15H2,1H3/b13-12+/t19-,20+/m1/s1. The second-order valence-corrected chi connectivity index (χ2v) is 6.48. The molecule has 0 aliphatic rings. The largest absolute Gasteiger partial charge is 0.463 e. The van der Waals surface area contributed by atoms with Crippen LogP contribution in [0.3, 0.4) is 0 Å². The van der Waals surface area contributed by atoms with E-state index < -0.39 is 22.9 Å². The van der Waals surface area contributed by atoms with Crippen molar-refractivity contribution in [2.45, 2.75) is 25.6 Å². The molecule has 0 bridgehead atoms. The lowest BCUT2D eigenvalue weighted by atomic mass is 9.92. The van der Waals surface area contributed by atoms with E-state index in [1.807, 2.05) is 30.3 Å². The number of carbonyl (C=O) groups is 1. The van der Waals surface area contributed by atoms with E-state index in [9.17, 15) is 14.9 Å². The minimum Gasteiger partial charge on any atom is -0.463 e. The molecule has 0 aliphatic heterocycles. The van der Waals surface area contributed by atoms with Crippen molar-refractivity contribution in [2.24, 2.45) is 0 Å². The summed E-state index contributed by atoms with van der Waals surface area (Å²) >= 11 is 5.94. The Hall–Kier alpha value is -2.70. The van der Waals surface area contributed by atoms with E-state index in [1.165, 1.54) is 12.2 Å². The van der Waals surface area contributed by atoms with Gasteiger partial charge >= 0.3 is 5.97 Å². The maximum atomic E-state index is 11.7. The summed E-state index contributed by atoms with van der Waals surface area (Å²) in [4.78, 5) is 22.6. The van der Waals surface area contributed by atoms with Gasteiger partial charge in [-0.3, -0.25) is 10.1 Å². The zero-order valence-electron chi connectivity index (χ0n) is 15.5. The molecular weight excluding hydrogens is 382 g/mol. The number of ether oxygens (including phenoxy) is 2. The Balaban J connectivity index is 2.28. The van der Waals surface area contributed by atoms with Gasteiger partial charge in [0.1, 0.15) is 0 Å². The molecule has 2 rings (SSSR count). The van der Waals surface area contributed by atoms with Gasteiger partial charge in [0.15, 0.2) is 0 Å². The number of hydrogen-bond donors (Lipinski definition) is 0. The van der Waals surface area contributed by atoms with E-state index in [0.717, 1.165) is 5.56 Å². The molecule has 28 heavy (non-hydrogen) atoms. The van der Waals surface area contributed by atoms with Crippen LogP contribution < -0.4 is 0 Å². The normalized spacial score (nSPS) is 13.2. The number of hydrogen-bond acceptors (Lipinski definition) is 5. The maximum Gasteiger partial charge on any atom is 0.330 e. The SMILES string of the molecule is CCOC(=O)/C=C/[C@H](OCc1ccccc1)[C@H](C[N+](=O)[O-])c1ccc(Cl)cc1. The summed E-state index contributed by atoms with van der Waals surface area (Å²) in [6.45, 7) is 1.85. The molecule has 0 saturated carbocycles. The fourth-order valence-corrected chi connectivity index (χ4v) is 2.83. The summed E-state index contributed by atoms with van der Waals surface area (Å²) in [5.41, 5.74) is 1.63. The summed E-state index contributed by atoms with van der Waals surface area (Å²) in [6, 6.07) is 16.3. The van der Waals surface area contributed by atoms with E-state index in [4.69, 9.17) is 21.1 Å². The molecule has 7 heteroatoms. The molecular formula is C21H22ClNO5. The first-order valence-corrected chi connectivity index (χ1v) is 9.25. The summed E-state index contributed by atoms with van der Waals surface area (Å²) in [5.74, 6) is -1.12. The Morgan fingerprint density at radius 2 is 1.86 bits per heavy atom. The number of esters is 1. The minimum absolute atomic E-state index is 0.244. The van der Waals surface area contributed by atoms with Gasteiger partial charge in [-0.2, -0.15) is 0 Å². The van der Waals surface area contributed by atoms with Crippen LogP contribution in [0, 0.1) is 10.1 Å². The second kappa shape index (κ2) is 11.2. The topological polar surface area (TPSA) is 78.7 Å².